The zero-order valence-corrected chi connectivity index (χ0v) is 11.5. The predicted octanol–water partition coefficient (Wildman–Crippen LogP) is 5.72. The lowest BCUT2D eigenvalue weighted by molar-refractivity contribution is -0.137. The lowest BCUT2D eigenvalue weighted by atomic mass is 10.1. The molecule has 22 heavy (non-hydrogen) atoms. The SMILES string of the molecule is [C-]#[N+]c1ccc2nc(-c3ccc(C(F)(F)F)cc3)oc2c1Cl. The number of benzene rings is 2. The van der Waals surface area contributed by atoms with E-state index in [9.17, 15) is 13.2 Å². The van der Waals surface area contributed by atoms with Crippen LogP contribution in [0.3, 0.4) is 0 Å². The second-order valence-corrected chi connectivity index (χ2v) is 4.83. The Kier molecular flexibility index (Phi) is 3.30. The molecule has 0 saturated carbocycles. The summed E-state index contributed by atoms with van der Waals surface area (Å²) < 4.78 is 43.1. The van der Waals surface area contributed by atoms with Gasteiger partial charge in [-0.15, -0.1) is 0 Å². The summed E-state index contributed by atoms with van der Waals surface area (Å²) in [6.07, 6.45) is -4.40. The van der Waals surface area contributed by atoms with E-state index in [4.69, 9.17) is 22.6 Å². The molecule has 0 spiro atoms. The Balaban J connectivity index is 2.08. The van der Waals surface area contributed by atoms with Gasteiger partial charge in [0.15, 0.2) is 5.58 Å². The van der Waals surface area contributed by atoms with E-state index in [1.165, 1.54) is 18.2 Å². The summed E-state index contributed by atoms with van der Waals surface area (Å²) in [5, 5.41) is 0.137. The molecule has 0 saturated heterocycles. The molecular weight excluding hydrogens is 317 g/mol. The molecule has 0 aliphatic rings. The van der Waals surface area contributed by atoms with Crippen molar-refractivity contribution in [2.75, 3.05) is 0 Å². The van der Waals surface area contributed by atoms with Gasteiger partial charge < -0.3 is 4.42 Å². The third-order valence-corrected chi connectivity index (χ3v) is 3.42. The Labute approximate surface area is 127 Å². The Morgan fingerprint density at radius 1 is 1.09 bits per heavy atom. The number of hydrogen-bond acceptors (Lipinski definition) is 2. The molecule has 3 rings (SSSR count). The Hall–Kier alpha value is -2.52. The van der Waals surface area contributed by atoms with Gasteiger partial charge >= 0.3 is 6.18 Å². The summed E-state index contributed by atoms with van der Waals surface area (Å²) in [6, 6.07) is 7.55. The van der Waals surface area contributed by atoms with Gasteiger partial charge in [-0.25, -0.2) is 9.83 Å². The zero-order valence-electron chi connectivity index (χ0n) is 10.8. The van der Waals surface area contributed by atoms with Gasteiger partial charge in [-0.1, -0.05) is 17.7 Å². The van der Waals surface area contributed by atoms with Gasteiger partial charge in [-0.05, 0) is 30.3 Å². The fraction of sp³-hybridized carbons (Fsp3) is 0.0667. The van der Waals surface area contributed by atoms with Gasteiger partial charge in [0.1, 0.15) is 5.52 Å². The predicted molar refractivity (Wildman–Crippen MR) is 75.7 cm³/mol. The van der Waals surface area contributed by atoms with E-state index in [1.807, 2.05) is 0 Å². The van der Waals surface area contributed by atoms with Crippen molar-refractivity contribution in [2.45, 2.75) is 6.18 Å². The van der Waals surface area contributed by atoms with Gasteiger partial charge in [-0.3, -0.25) is 0 Å². The normalized spacial score (nSPS) is 11.6. The molecule has 0 bridgehead atoms. The monoisotopic (exact) mass is 322 g/mol. The van der Waals surface area contributed by atoms with Crippen LogP contribution in [0.5, 0.6) is 0 Å². The van der Waals surface area contributed by atoms with Crippen molar-refractivity contribution in [1.82, 2.24) is 4.98 Å². The molecule has 3 aromatic rings. The highest BCUT2D eigenvalue weighted by molar-refractivity contribution is 6.37. The molecular formula is C15H6ClF3N2O. The molecule has 0 amide bonds. The third-order valence-electron chi connectivity index (χ3n) is 3.06. The van der Waals surface area contributed by atoms with Crippen molar-refractivity contribution in [3.05, 3.63) is 58.4 Å². The summed E-state index contributed by atoms with van der Waals surface area (Å²) >= 11 is 6.03. The van der Waals surface area contributed by atoms with Crippen molar-refractivity contribution < 1.29 is 17.6 Å². The first-order valence-corrected chi connectivity index (χ1v) is 6.42. The smallest absolute Gasteiger partial charge is 0.416 e. The second-order valence-electron chi connectivity index (χ2n) is 4.45. The lowest BCUT2D eigenvalue weighted by Gasteiger charge is -2.05. The molecule has 0 aliphatic heterocycles. The van der Waals surface area contributed by atoms with Crippen LogP contribution >= 0.6 is 11.6 Å². The van der Waals surface area contributed by atoms with Gasteiger partial charge in [-0.2, -0.15) is 13.2 Å². The number of rotatable bonds is 1. The summed E-state index contributed by atoms with van der Waals surface area (Å²) in [5.74, 6) is 0.146. The van der Waals surface area contributed by atoms with Gasteiger partial charge in [0.2, 0.25) is 11.6 Å². The first kappa shape index (κ1) is 14.4. The third kappa shape index (κ3) is 2.40. The number of alkyl halides is 3. The van der Waals surface area contributed by atoms with Gasteiger partial charge in [0.05, 0.1) is 17.2 Å². The largest absolute Gasteiger partial charge is 0.436 e. The fourth-order valence-corrected chi connectivity index (χ4v) is 2.20. The number of aromatic nitrogens is 1. The van der Waals surface area contributed by atoms with Crippen LogP contribution in [0, 0.1) is 6.57 Å². The highest BCUT2D eigenvalue weighted by atomic mass is 35.5. The maximum atomic E-state index is 12.5. The van der Waals surface area contributed by atoms with Crippen LogP contribution in [0.1, 0.15) is 5.56 Å². The minimum absolute atomic E-state index is 0.137. The van der Waals surface area contributed by atoms with E-state index in [1.54, 1.807) is 6.07 Å². The van der Waals surface area contributed by atoms with E-state index in [2.05, 4.69) is 9.83 Å². The molecule has 0 aliphatic carbocycles. The quantitative estimate of drug-likeness (QED) is 0.536. The Bertz CT molecular complexity index is 892. The molecule has 1 aromatic heterocycles. The van der Waals surface area contributed by atoms with Gasteiger partial charge in [0.25, 0.3) is 0 Å². The van der Waals surface area contributed by atoms with Crippen LogP contribution < -0.4 is 0 Å². The number of hydrogen-bond donors (Lipinski definition) is 0. The van der Waals surface area contributed by atoms with Crippen LogP contribution in [0.15, 0.2) is 40.8 Å². The Morgan fingerprint density at radius 3 is 2.36 bits per heavy atom. The average molecular weight is 323 g/mol. The molecule has 0 atom stereocenters. The van der Waals surface area contributed by atoms with E-state index in [-0.39, 0.29) is 22.2 Å². The molecule has 1 heterocycles. The van der Waals surface area contributed by atoms with E-state index >= 15 is 0 Å². The van der Waals surface area contributed by atoms with Crippen molar-refractivity contribution in [2.24, 2.45) is 0 Å². The molecule has 7 heteroatoms. The van der Waals surface area contributed by atoms with Crippen molar-refractivity contribution in [3.8, 4) is 11.5 Å². The number of fused-ring (bicyclic) bond motifs is 1. The molecule has 2 aromatic carbocycles. The molecule has 110 valence electrons. The minimum Gasteiger partial charge on any atom is -0.436 e. The summed E-state index contributed by atoms with van der Waals surface area (Å²) in [5.41, 5.74) is 0.548. The van der Waals surface area contributed by atoms with E-state index in [0.29, 0.717) is 11.1 Å². The van der Waals surface area contributed by atoms with E-state index in [0.717, 1.165) is 12.1 Å². The van der Waals surface area contributed by atoms with Crippen LogP contribution in [0.2, 0.25) is 5.02 Å². The maximum absolute atomic E-state index is 12.5. The summed E-state index contributed by atoms with van der Waals surface area (Å²) in [4.78, 5) is 7.42. The highest BCUT2D eigenvalue weighted by Crippen LogP contribution is 2.36. The second kappa shape index (κ2) is 5.04. The van der Waals surface area contributed by atoms with Crippen LogP contribution in [0.4, 0.5) is 18.9 Å². The minimum atomic E-state index is -4.40. The molecule has 3 nitrogen and oxygen atoms in total. The Morgan fingerprint density at radius 2 is 1.77 bits per heavy atom. The van der Waals surface area contributed by atoms with Crippen molar-refractivity contribution in [3.63, 3.8) is 0 Å². The van der Waals surface area contributed by atoms with Crippen LogP contribution in [0.25, 0.3) is 27.4 Å². The molecule has 0 radical (unpaired) electrons. The van der Waals surface area contributed by atoms with Crippen LogP contribution in [-0.4, -0.2) is 4.98 Å². The highest BCUT2D eigenvalue weighted by Gasteiger charge is 2.30. The van der Waals surface area contributed by atoms with Gasteiger partial charge in [0, 0.05) is 5.56 Å². The topological polar surface area (TPSA) is 30.4 Å². The van der Waals surface area contributed by atoms with Crippen molar-refractivity contribution in [1.29, 1.82) is 0 Å². The zero-order chi connectivity index (χ0) is 15.9. The fourth-order valence-electron chi connectivity index (χ4n) is 1.96. The lowest BCUT2D eigenvalue weighted by Crippen LogP contribution is -2.03. The van der Waals surface area contributed by atoms with E-state index < -0.39 is 11.7 Å². The van der Waals surface area contributed by atoms with Crippen molar-refractivity contribution >= 4 is 28.4 Å². The molecule has 0 N–H and O–H groups in total. The maximum Gasteiger partial charge on any atom is 0.416 e. The summed E-state index contributed by atoms with van der Waals surface area (Å²) in [7, 11) is 0. The first-order valence-electron chi connectivity index (χ1n) is 6.04. The summed E-state index contributed by atoms with van der Waals surface area (Å²) in [6.45, 7) is 6.98. The number of oxazole rings is 1. The number of halogens is 4. The number of nitrogens with zero attached hydrogens (tertiary/aromatic N) is 2. The molecule has 0 fully saturated rings. The molecule has 0 unspecified atom stereocenters. The van der Waals surface area contributed by atoms with Crippen LogP contribution in [-0.2, 0) is 6.18 Å². The standard InChI is InChI=1S/C15H6ClF3N2O/c1-20-10-6-7-11-13(12(10)16)22-14(21-11)8-2-4-9(5-3-8)15(17,18)19/h2-7H. The first-order chi connectivity index (χ1) is 10.4. The average Bonchev–Trinajstić information content (AvgIpc) is 2.92.